The molecule has 0 atom stereocenters. The molecule has 0 radical (unpaired) electrons. The number of aryl methyl sites for hydroxylation is 1. The molecule has 0 aliphatic carbocycles. The molecule has 0 aromatic carbocycles. The zero-order chi connectivity index (χ0) is 13.0. The highest BCUT2D eigenvalue weighted by molar-refractivity contribution is 7.09. The minimum absolute atomic E-state index is 0.696. The number of nitrogens with one attached hydrogen (secondary N) is 2. The second-order valence-corrected chi connectivity index (χ2v) is 4.91. The summed E-state index contributed by atoms with van der Waals surface area (Å²) in [5.41, 5.74) is 2.09. The average molecular weight is 263 g/mol. The van der Waals surface area contributed by atoms with E-state index in [1.165, 1.54) is 0 Å². The quantitative estimate of drug-likeness (QED) is 0.868. The lowest BCUT2D eigenvalue weighted by Crippen LogP contribution is -2.07. The summed E-state index contributed by atoms with van der Waals surface area (Å²) in [6.07, 6.45) is 1.57. The van der Waals surface area contributed by atoms with Crippen molar-refractivity contribution in [2.24, 2.45) is 0 Å². The van der Waals surface area contributed by atoms with Crippen molar-refractivity contribution in [1.82, 2.24) is 15.0 Å². The van der Waals surface area contributed by atoms with Crippen LogP contribution in [0.2, 0.25) is 0 Å². The van der Waals surface area contributed by atoms with Gasteiger partial charge in [-0.3, -0.25) is 0 Å². The molecule has 0 fully saturated rings. The lowest BCUT2D eigenvalue weighted by molar-refractivity contribution is 1.02. The van der Waals surface area contributed by atoms with Crippen LogP contribution < -0.4 is 10.6 Å². The van der Waals surface area contributed by atoms with Gasteiger partial charge in [0.15, 0.2) is 0 Å². The highest BCUT2D eigenvalue weighted by Gasteiger charge is 2.06. The third kappa shape index (κ3) is 2.95. The number of aromatic nitrogens is 3. The van der Waals surface area contributed by atoms with Crippen LogP contribution in [0.4, 0.5) is 11.6 Å². The summed E-state index contributed by atoms with van der Waals surface area (Å²) in [6, 6.07) is 0. The first kappa shape index (κ1) is 12.8. The standard InChI is InChI=1S/C12H17N5S/c1-4-13-11-9(3)12(16-7-15-11)14-5-10-17-8(2)6-18-10/h6-7H,4-5H2,1-3H3,(H2,13,14,15,16). The molecule has 0 unspecified atom stereocenters. The highest BCUT2D eigenvalue weighted by Crippen LogP contribution is 2.19. The van der Waals surface area contributed by atoms with Crippen molar-refractivity contribution in [3.8, 4) is 0 Å². The minimum Gasteiger partial charge on any atom is -0.370 e. The average Bonchev–Trinajstić information content (AvgIpc) is 2.77. The van der Waals surface area contributed by atoms with Crippen LogP contribution in [-0.2, 0) is 6.54 Å². The van der Waals surface area contributed by atoms with Crippen LogP contribution in [0.5, 0.6) is 0 Å². The van der Waals surface area contributed by atoms with Crippen molar-refractivity contribution in [3.63, 3.8) is 0 Å². The van der Waals surface area contributed by atoms with Crippen LogP contribution in [-0.4, -0.2) is 21.5 Å². The van der Waals surface area contributed by atoms with E-state index >= 15 is 0 Å². The second kappa shape index (κ2) is 5.77. The maximum Gasteiger partial charge on any atom is 0.134 e. The first-order valence-corrected chi connectivity index (χ1v) is 6.79. The van der Waals surface area contributed by atoms with Crippen molar-refractivity contribution in [1.29, 1.82) is 0 Å². The summed E-state index contributed by atoms with van der Waals surface area (Å²) < 4.78 is 0. The summed E-state index contributed by atoms with van der Waals surface area (Å²) in [5, 5.41) is 9.63. The van der Waals surface area contributed by atoms with E-state index < -0.39 is 0 Å². The summed E-state index contributed by atoms with van der Waals surface area (Å²) in [5.74, 6) is 1.74. The SMILES string of the molecule is CCNc1ncnc(NCc2nc(C)cs2)c1C. The van der Waals surface area contributed by atoms with E-state index in [9.17, 15) is 0 Å². The number of nitrogens with zero attached hydrogens (tertiary/aromatic N) is 3. The highest BCUT2D eigenvalue weighted by atomic mass is 32.1. The molecule has 0 spiro atoms. The fourth-order valence-electron chi connectivity index (χ4n) is 1.62. The van der Waals surface area contributed by atoms with Gasteiger partial charge < -0.3 is 10.6 Å². The van der Waals surface area contributed by atoms with Gasteiger partial charge in [-0.05, 0) is 20.8 Å². The van der Waals surface area contributed by atoms with Gasteiger partial charge in [0.2, 0.25) is 0 Å². The van der Waals surface area contributed by atoms with Crippen LogP contribution in [0.15, 0.2) is 11.7 Å². The molecular formula is C12H17N5S. The molecule has 96 valence electrons. The van der Waals surface area contributed by atoms with Crippen LogP contribution in [0.25, 0.3) is 0 Å². The van der Waals surface area contributed by atoms with E-state index in [0.29, 0.717) is 6.54 Å². The molecule has 2 heterocycles. The lowest BCUT2D eigenvalue weighted by Gasteiger charge is -2.10. The van der Waals surface area contributed by atoms with Crippen LogP contribution in [0.1, 0.15) is 23.2 Å². The minimum atomic E-state index is 0.696. The summed E-state index contributed by atoms with van der Waals surface area (Å²) >= 11 is 1.66. The topological polar surface area (TPSA) is 62.7 Å². The second-order valence-electron chi connectivity index (χ2n) is 3.96. The largest absolute Gasteiger partial charge is 0.370 e. The predicted octanol–water partition coefficient (Wildman–Crippen LogP) is 2.59. The number of rotatable bonds is 5. The molecule has 18 heavy (non-hydrogen) atoms. The molecular weight excluding hydrogens is 246 g/mol. The van der Waals surface area contributed by atoms with E-state index in [4.69, 9.17) is 0 Å². The smallest absolute Gasteiger partial charge is 0.134 e. The van der Waals surface area contributed by atoms with Crippen molar-refractivity contribution in [2.45, 2.75) is 27.3 Å². The molecule has 0 saturated heterocycles. The van der Waals surface area contributed by atoms with Gasteiger partial charge in [-0.15, -0.1) is 11.3 Å². The number of anilines is 2. The lowest BCUT2D eigenvalue weighted by atomic mass is 10.3. The summed E-state index contributed by atoms with van der Waals surface area (Å²) in [6.45, 7) is 7.60. The van der Waals surface area contributed by atoms with E-state index in [0.717, 1.165) is 34.4 Å². The number of hydrogen-bond donors (Lipinski definition) is 2. The van der Waals surface area contributed by atoms with Gasteiger partial charge in [-0.25, -0.2) is 15.0 Å². The Balaban J connectivity index is 2.07. The Hall–Kier alpha value is -1.69. The fraction of sp³-hybridized carbons (Fsp3) is 0.417. The third-order valence-corrected chi connectivity index (χ3v) is 3.47. The Kier molecular flexibility index (Phi) is 4.09. The first-order chi connectivity index (χ1) is 8.70. The van der Waals surface area contributed by atoms with Crippen molar-refractivity contribution >= 4 is 23.0 Å². The van der Waals surface area contributed by atoms with E-state index in [1.807, 2.05) is 26.2 Å². The van der Waals surface area contributed by atoms with Gasteiger partial charge in [0.05, 0.1) is 6.54 Å². The van der Waals surface area contributed by atoms with Gasteiger partial charge in [-0.2, -0.15) is 0 Å². The normalized spacial score (nSPS) is 10.4. The Bertz CT molecular complexity index is 523. The Labute approximate surface area is 111 Å². The van der Waals surface area contributed by atoms with E-state index in [-0.39, 0.29) is 0 Å². The fourth-order valence-corrected chi connectivity index (χ4v) is 2.33. The Morgan fingerprint density at radius 2 is 1.89 bits per heavy atom. The van der Waals surface area contributed by atoms with Crippen LogP contribution in [0, 0.1) is 13.8 Å². The van der Waals surface area contributed by atoms with Gasteiger partial charge in [0, 0.05) is 23.2 Å². The molecule has 0 saturated carbocycles. The molecule has 0 bridgehead atoms. The third-order valence-electron chi connectivity index (χ3n) is 2.50. The Morgan fingerprint density at radius 1 is 1.17 bits per heavy atom. The summed E-state index contributed by atoms with van der Waals surface area (Å²) in [4.78, 5) is 12.9. The predicted molar refractivity (Wildman–Crippen MR) is 75.1 cm³/mol. The van der Waals surface area contributed by atoms with Crippen LogP contribution >= 0.6 is 11.3 Å². The molecule has 2 aromatic rings. The molecule has 2 aromatic heterocycles. The molecule has 2 rings (SSSR count). The van der Waals surface area contributed by atoms with E-state index in [2.05, 4.69) is 25.6 Å². The van der Waals surface area contributed by atoms with Gasteiger partial charge in [0.25, 0.3) is 0 Å². The molecule has 0 amide bonds. The van der Waals surface area contributed by atoms with Crippen LogP contribution in [0.3, 0.4) is 0 Å². The van der Waals surface area contributed by atoms with E-state index in [1.54, 1.807) is 17.7 Å². The molecule has 0 aliphatic heterocycles. The molecule has 0 aliphatic rings. The van der Waals surface area contributed by atoms with Crippen molar-refractivity contribution in [2.75, 3.05) is 17.2 Å². The van der Waals surface area contributed by atoms with Gasteiger partial charge in [-0.1, -0.05) is 0 Å². The zero-order valence-corrected chi connectivity index (χ0v) is 11.6. The monoisotopic (exact) mass is 263 g/mol. The van der Waals surface area contributed by atoms with Gasteiger partial charge in [0.1, 0.15) is 23.0 Å². The van der Waals surface area contributed by atoms with Crippen molar-refractivity contribution in [3.05, 3.63) is 28.0 Å². The number of thiazole rings is 1. The maximum atomic E-state index is 4.41. The zero-order valence-electron chi connectivity index (χ0n) is 10.8. The molecule has 6 heteroatoms. The molecule has 2 N–H and O–H groups in total. The molecule has 5 nitrogen and oxygen atoms in total. The summed E-state index contributed by atoms with van der Waals surface area (Å²) in [7, 11) is 0. The Morgan fingerprint density at radius 3 is 2.50 bits per heavy atom. The first-order valence-electron chi connectivity index (χ1n) is 5.91. The van der Waals surface area contributed by atoms with Gasteiger partial charge >= 0.3 is 0 Å². The number of hydrogen-bond acceptors (Lipinski definition) is 6. The maximum absolute atomic E-state index is 4.41. The van der Waals surface area contributed by atoms with Crippen molar-refractivity contribution < 1.29 is 0 Å².